The van der Waals surface area contributed by atoms with Crippen molar-refractivity contribution in [1.82, 2.24) is 14.8 Å². The summed E-state index contributed by atoms with van der Waals surface area (Å²) < 4.78 is 54.3. The van der Waals surface area contributed by atoms with Crippen LogP contribution in [0.25, 0.3) is 0 Å². The fourth-order valence-corrected chi connectivity index (χ4v) is 3.14. The highest BCUT2D eigenvalue weighted by Gasteiger charge is 2.31. The molecular formula is C14H16F3N3O2S. The minimum Gasteiger partial charge on any atom is -0.406 e. The zero-order chi connectivity index (χ0) is 17.2. The van der Waals surface area contributed by atoms with Crippen molar-refractivity contribution >= 4 is 10.8 Å². The van der Waals surface area contributed by atoms with Crippen LogP contribution >= 0.6 is 0 Å². The van der Waals surface area contributed by atoms with Gasteiger partial charge < -0.3 is 9.30 Å². The van der Waals surface area contributed by atoms with Crippen molar-refractivity contribution in [3.05, 3.63) is 41.5 Å². The van der Waals surface area contributed by atoms with E-state index in [1.165, 1.54) is 24.3 Å². The maximum Gasteiger partial charge on any atom is 0.573 e. The number of halogens is 3. The lowest BCUT2D eigenvalue weighted by molar-refractivity contribution is -0.274. The van der Waals surface area contributed by atoms with Crippen LogP contribution in [0.5, 0.6) is 5.75 Å². The second kappa shape index (κ2) is 6.69. The second-order valence-corrected chi connectivity index (χ2v) is 6.76. The Morgan fingerprint density at radius 2 is 1.87 bits per heavy atom. The van der Waals surface area contributed by atoms with Gasteiger partial charge >= 0.3 is 6.36 Å². The van der Waals surface area contributed by atoms with Crippen LogP contribution in [-0.4, -0.2) is 25.3 Å². The monoisotopic (exact) mass is 347 g/mol. The van der Waals surface area contributed by atoms with E-state index in [1.807, 2.05) is 0 Å². The van der Waals surface area contributed by atoms with E-state index in [2.05, 4.69) is 14.9 Å². The number of benzene rings is 1. The molecule has 1 heterocycles. The third-order valence-electron chi connectivity index (χ3n) is 3.43. The third-order valence-corrected chi connectivity index (χ3v) is 5.04. The SMILES string of the molecule is Cc1nnc(CS(=O)C(C)c2ccc(OC(F)(F)F)cc2)n1C. The number of aryl methyl sites for hydroxylation is 1. The van der Waals surface area contributed by atoms with Crippen molar-refractivity contribution < 1.29 is 22.1 Å². The highest BCUT2D eigenvalue weighted by molar-refractivity contribution is 7.84. The summed E-state index contributed by atoms with van der Waals surface area (Å²) in [7, 11) is 0.512. The average Bonchev–Trinajstić information content (AvgIpc) is 2.77. The highest BCUT2D eigenvalue weighted by Crippen LogP contribution is 2.27. The number of hydrogen-bond acceptors (Lipinski definition) is 4. The van der Waals surface area contributed by atoms with Gasteiger partial charge in [0.05, 0.1) is 11.0 Å². The molecule has 0 saturated heterocycles. The van der Waals surface area contributed by atoms with Crippen molar-refractivity contribution in [2.24, 2.45) is 7.05 Å². The number of alkyl halides is 3. The smallest absolute Gasteiger partial charge is 0.406 e. The Bertz CT molecular complexity index is 698. The summed E-state index contributed by atoms with van der Waals surface area (Å²) in [6, 6.07) is 5.38. The topological polar surface area (TPSA) is 57.0 Å². The van der Waals surface area contributed by atoms with Crippen LogP contribution in [0.1, 0.15) is 29.4 Å². The van der Waals surface area contributed by atoms with Gasteiger partial charge in [0.25, 0.3) is 0 Å². The zero-order valence-corrected chi connectivity index (χ0v) is 13.6. The molecular weight excluding hydrogens is 331 g/mol. The number of ether oxygens (including phenoxy) is 1. The van der Waals surface area contributed by atoms with Crippen LogP contribution in [0, 0.1) is 6.92 Å². The van der Waals surface area contributed by atoms with Crippen molar-refractivity contribution in [3.8, 4) is 5.75 Å². The van der Waals surface area contributed by atoms with Gasteiger partial charge in [-0.1, -0.05) is 12.1 Å². The Balaban J connectivity index is 2.06. The summed E-state index contributed by atoms with van der Waals surface area (Å²) in [4.78, 5) is 0. The van der Waals surface area contributed by atoms with Gasteiger partial charge in [0.15, 0.2) is 0 Å². The number of nitrogens with zero attached hydrogens (tertiary/aromatic N) is 3. The molecule has 2 rings (SSSR count). The summed E-state index contributed by atoms with van der Waals surface area (Å²) in [5, 5.41) is 7.51. The minimum absolute atomic E-state index is 0.222. The fraction of sp³-hybridized carbons (Fsp3) is 0.429. The van der Waals surface area contributed by atoms with Crippen LogP contribution in [0.2, 0.25) is 0 Å². The van der Waals surface area contributed by atoms with Gasteiger partial charge in [0, 0.05) is 17.8 Å². The number of rotatable bonds is 5. The predicted molar refractivity (Wildman–Crippen MR) is 79.1 cm³/mol. The molecule has 0 bridgehead atoms. The summed E-state index contributed by atoms with van der Waals surface area (Å²) >= 11 is 0. The molecule has 1 aromatic carbocycles. The molecule has 9 heteroatoms. The van der Waals surface area contributed by atoms with Crippen LogP contribution < -0.4 is 4.74 Å². The maximum absolute atomic E-state index is 12.4. The van der Waals surface area contributed by atoms with Gasteiger partial charge in [-0.05, 0) is 31.5 Å². The molecule has 23 heavy (non-hydrogen) atoms. The molecule has 0 spiro atoms. The Morgan fingerprint density at radius 1 is 1.26 bits per heavy atom. The van der Waals surface area contributed by atoms with E-state index in [9.17, 15) is 17.4 Å². The van der Waals surface area contributed by atoms with E-state index in [1.54, 1.807) is 25.5 Å². The fourth-order valence-electron chi connectivity index (χ4n) is 1.92. The number of aromatic nitrogens is 3. The zero-order valence-electron chi connectivity index (χ0n) is 12.8. The first-order valence-electron chi connectivity index (χ1n) is 6.75. The first-order chi connectivity index (χ1) is 10.7. The normalized spacial score (nSPS) is 14.5. The Labute approximate surface area is 133 Å². The first kappa shape index (κ1) is 17.5. The molecule has 0 saturated carbocycles. The summed E-state index contributed by atoms with van der Waals surface area (Å²) in [5.74, 6) is 1.24. The lowest BCUT2D eigenvalue weighted by Gasteiger charge is -2.13. The maximum atomic E-state index is 12.4. The predicted octanol–water partition coefficient (Wildman–Crippen LogP) is 3.03. The average molecular weight is 347 g/mol. The van der Waals surface area contributed by atoms with Gasteiger partial charge in [0.1, 0.15) is 17.4 Å². The summed E-state index contributed by atoms with van der Waals surface area (Å²) in [6.45, 7) is 3.54. The van der Waals surface area contributed by atoms with Crippen molar-refractivity contribution in [1.29, 1.82) is 0 Å². The van der Waals surface area contributed by atoms with Gasteiger partial charge in [-0.2, -0.15) is 0 Å². The molecule has 126 valence electrons. The lowest BCUT2D eigenvalue weighted by atomic mass is 10.2. The Morgan fingerprint density at radius 3 is 2.35 bits per heavy atom. The van der Waals surface area contributed by atoms with E-state index >= 15 is 0 Å². The molecule has 2 aromatic rings. The number of hydrogen-bond donors (Lipinski definition) is 0. The molecule has 2 atom stereocenters. The quantitative estimate of drug-likeness (QED) is 0.834. The third kappa shape index (κ3) is 4.54. The van der Waals surface area contributed by atoms with E-state index in [0.29, 0.717) is 11.4 Å². The van der Waals surface area contributed by atoms with E-state index in [4.69, 9.17) is 0 Å². The van der Waals surface area contributed by atoms with Crippen molar-refractivity contribution in [2.75, 3.05) is 0 Å². The molecule has 0 radical (unpaired) electrons. The van der Waals surface area contributed by atoms with E-state index < -0.39 is 17.2 Å². The van der Waals surface area contributed by atoms with Crippen LogP contribution in [0.4, 0.5) is 13.2 Å². The van der Waals surface area contributed by atoms with Crippen molar-refractivity contribution in [3.63, 3.8) is 0 Å². The molecule has 0 aliphatic rings. The van der Waals surface area contributed by atoms with Crippen LogP contribution in [0.3, 0.4) is 0 Å². The highest BCUT2D eigenvalue weighted by atomic mass is 32.2. The van der Waals surface area contributed by atoms with Crippen LogP contribution in [-0.2, 0) is 23.6 Å². The summed E-state index contributed by atoms with van der Waals surface area (Å²) in [5.41, 5.74) is 0.664. The minimum atomic E-state index is -4.72. The lowest BCUT2D eigenvalue weighted by Crippen LogP contribution is -2.17. The molecule has 0 aliphatic heterocycles. The standard InChI is InChI=1S/C14H16F3N3O2S/c1-9(23(21)8-13-19-18-10(2)20(13)3)11-4-6-12(7-5-11)22-14(15,16)17/h4-7,9H,8H2,1-3H3. The second-order valence-electron chi connectivity index (χ2n) is 5.01. The van der Waals surface area contributed by atoms with Gasteiger partial charge in [-0.15, -0.1) is 23.4 Å². The van der Waals surface area contributed by atoms with E-state index in [-0.39, 0.29) is 16.8 Å². The summed E-state index contributed by atoms with van der Waals surface area (Å²) in [6.07, 6.45) is -4.72. The molecule has 2 unspecified atom stereocenters. The molecule has 0 aliphatic carbocycles. The van der Waals surface area contributed by atoms with Gasteiger partial charge in [-0.25, -0.2) is 0 Å². The first-order valence-corrected chi connectivity index (χ1v) is 8.13. The molecule has 0 fully saturated rings. The Kier molecular flexibility index (Phi) is 5.08. The van der Waals surface area contributed by atoms with Gasteiger partial charge in [0.2, 0.25) is 0 Å². The molecule has 1 aromatic heterocycles. The largest absolute Gasteiger partial charge is 0.573 e. The Hall–Kier alpha value is -1.90. The van der Waals surface area contributed by atoms with E-state index in [0.717, 1.165) is 5.82 Å². The molecule has 5 nitrogen and oxygen atoms in total. The van der Waals surface area contributed by atoms with Crippen molar-refractivity contribution in [2.45, 2.75) is 31.2 Å². The van der Waals surface area contributed by atoms with Gasteiger partial charge in [-0.3, -0.25) is 4.21 Å². The molecule has 0 amide bonds. The van der Waals surface area contributed by atoms with Crippen LogP contribution in [0.15, 0.2) is 24.3 Å². The molecule has 0 N–H and O–H groups in total.